The number of carbonyl (C=O) groups excluding carboxylic acids is 2. The van der Waals surface area contributed by atoms with Crippen molar-refractivity contribution in [1.82, 2.24) is 10.2 Å². The molecule has 0 spiro atoms. The number of hydrogen-bond donors (Lipinski definition) is 1. The van der Waals surface area contributed by atoms with Gasteiger partial charge in [-0.05, 0) is 49.6 Å². The minimum absolute atomic E-state index is 0.122. The molecule has 0 aromatic heterocycles. The van der Waals surface area contributed by atoms with E-state index < -0.39 is 6.04 Å². The topological polar surface area (TPSA) is 49.4 Å². The van der Waals surface area contributed by atoms with E-state index >= 15 is 0 Å². The van der Waals surface area contributed by atoms with Crippen molar-refractivity contribution in [2.75, 3.05) is 6.54 Å². The Hall–Kier alpha value is -2.82. The summed E-state index contributed by atoms with van der Waals surface area (Å²) in [5.74, 6) is -0.302. The van der Waals surface area contributed by atoms with Crippen molar-refractivity contribution in [3.63, 3.8) is 0 Å². The van der Waals surface area contributed by atoms with E-state index in [4.69, 9.17) is 23.2 Å². The van der Waals surface area contributed by atoms with Gasteiger partial charge >= 0.3 is 0 Å². The van der Waals surface area contributed by atoms with Crippen LogP contribution in [-0.4, -0.2) is 29.3 Å². The Labute approximate surface area is 211 Å². The molecule has 0 saturated heterocycles. The number of halogens is 2. The summed E-state index contributed by atoms with van der Waals surface area (Å²) in [7, 11) is 0. The number of amides is 2. The lowest BCUT2D eigenvalue weighted by molar-refractivity contribution is -0.140. The second-order valence-corrected chi connectivity index (χ2v) is 9.36. The van der Waals surface area contributed by atoms with Crippen LogP contribution in [0.25, 0.3) is 0 Å². The van der Waals surface area contributed by atoms with Crippen LogP contribution in [-0.2, 0) is 29.0 Å². The molecule has 4 nitrogen and oxygen atoms in total. The highest BCUT2D eigenvalue weighted by atomic mass is 35.5. The zero-order valence-electron chi connectivity index (χ0n) is 19.8. The lowest BCUT2D eigenvalue weighted by Gasteiger charge is -2.31. The predicted octanol–water partition coefficient (Wildman–Crippen LogP) is 5.93. The Balaban J connectivity index is 1.99. The fourth-order valence-corrected chi connectivity index (χ4v) is 4.45. The fourth-order valence-electron chi connectivity index (χ4n) is 4.13. The van der Waals surface area contributed by atoms with E-state index in [1.54, 1.807) is 17.0 Å². The van der Waals surface area contributed by atoms with Gasteiger partial charge in [0, 0.05) is 19.5 Å². The van der Waals surface area contributed by atoms with Crippen LogP contribution >= 0.6 is 23.2 Å². The first-order valence-electron chi connectivity index (χ1n) is 11.4. The molecule has 1 atom stereocenters. The SMILES string of the molecule is CCNC(=O)C(Cc1ccccc1)N(Cc1ccc(Cl)c(Cl)c1)C(=O)Cc1cc(C)cc(C)c1. The van der Waals surface area contributed by atoms with E-state index in [0.717, 1.165) is 27.8 Å². The van der Waals surface area contributed by atoms with Crippen LogP contribution in [0.4, 0.5) is 0 Å². The van der Waals surface area contributed by atoms with E-state index in [1.165, 1.54) is 0 Å². The van der Waals surface area contributed by atoms with Crippen molar-refractivity contribution in [2.45, 2.75) is 46.2 Å². The molecule has 0 heterocycles. The lowest BCUT2D eigenvalue weighted by atomic mass is 10.0. The van der Waals surface area contributed by atoms with E-state index in [1.807, 2.05) is 69.3 Å². The molecule has 0 fully saturated rings. The Kier molecular flexibility index (Phi) is 9.14. The maximum Gasteiger partial charge on any atom is 0.243 e. The van der Waals surface area contributed by atoms with Crippen LogP contribution in [0.15, 0.2) is 66.7 Å². The first-order valence-corrected chi connectivity index (χ1v) is 12.1. The number of aryl methyl sites for hydroxylation is 2. The number of nitrogens with one attached hydrogen (secondary N) is 1. The van der Waals surface area contributed by atoms with E-state index in [9.17, 15) is 9.59 Å². The molecule has 1 N–H and O–H groups in total. The van der Waals surface area contributed by atoms with Gasteiger partial charge in [0.05, 0.1) is 16.5 Å². The predicted molar refractivity (Wildman–Crippen MR) is 139 cm³/mol. The Morgan fingerprint density at radius 2 is 1.53 bits per heavy atom. The Morgan fingerprint density at radius 1 is 0.853 bits per heavy atom. The summed E-state index contributed by atoms with van der Waals surface area (Å²) >= 11 is 12.4. The standard InChI is InChI=1S/C28H30Cl2N2O2/c1-4-31-28(34)26(16-21-8-6-5-7-9-21)32(18-22-10-11-24(29)25(30)15-22)27(33)17-23-13-19(2)12-20(3)14-23/h5-15,26H,4,16-18H2,1-3H3,(H,31,34). The molecule has 3 aromatic carbocycles. The third kappa shape index (κ3) is 7.09. The fraction of sp³-hybridized carbons (Fsp3) is 0.286. The molecule has 0 bridgehead atoms. The van der Waals surface area contributed by atoms with Crippen molar-refractivity contribution in [3.8, 4) is 0 Å². The highest BCUT2D eigenvalue weighted by molar-refractivity contribution is 6.42. The van der Waals surface area contributed by atoms with E-state index in [2.05, 4.69) is 11.4 Å². The van der Waals surface area contributed by atoms with Crippen molar-refractivity contribution in [1.29, 1.82) is 0 Å². The summed E-state index contributed by atoms with van der Waals surface area (Å²) in [6.07, 6.45) is 0.612. The molecule has 1 unspecified atom stereocenters. The number of rotatable bonds is 9. The maximum atomic E-state index is 13.7. The van der Waals surface area contributed by atoms with Crippen LogP contribution in [0.1, 0.15) is 34.7 Å². The third-order valence-corrected chi connectivity index (χ3v) is 6.33. The van der Waals surface area contributed by atoms with Gasteiger partial charge in [-0.3, -0.25) is 9.59 Å². The van der Waals surface area contributed by atoms with Crippen LogP contribution in [0, 0.1) is 13.8 Å². The Bertz CT molecular complexity index is 1130. The molecular formula is C28H30Cl2N2O2. The molecule has 2 amide bonds. The summed E-state index contributed by atoms with van der Waals surface area (Å²) in [5, 5.41) is 3.77. The molecule has 3 rings (SSSR count). The van der Waals surface area contributed by atoms with Gasteiger partial charge in [-0.1, -0.05) is 88.9 Å². The number of carbonyl (C=O) groups is 2. The second-order valence-electron chi connectivity index (χ2n) is 8.54. The maximum absolute atomic E-state index is 13.7. The van der Waals surface area contributed by atoms with Crippen LogP contribution in [0.3, 0.4) is 0 Å². The highest BCUT2D eigenvalue weighted by Gasteiger charge is 2.30. The number of likely N-dealkylation sites (N-methyl/N-ethyl adjacent to an activating group) is 1. The average molecular weight is 497 g/mol. The van der Waals surface area contributed by atoms with Gasteiger partial charge in [-0.15, -0.1) is 0 Å². The molecule has 34 heavy (non-hydrogen) atoms. The number of nitrogens with zero attached hydrogens (tertiary/aromatic N) is 1. The van der Waals surface area contributed by atoms with Crippen LogP contribution < -0.4 is 5.32 Å². The minimum atomic E-state index is -0.671. The summed E-state index contributed by atoms with van der Waals surface area (Å²) < 4.78 is 0. The van der Waals surface area contributed by atoms with Gasteiger partial charge in [-0.2, -0.15) is 0 Å². The molecule has 0 aliphatic carbocycles. The molecule has 0 radical (unpaired) electrons. The molecule has 0 saturated carbocycles. The molecule has 0 aliphatic heterocycles. The number of hydrogen-bond acceptors (Lipinski definition) is 2. The summed E-state index contributed by atoms with van der Waals surface area (Å²) in [4.78, 5) is 28.6. The smallest absolute Gasteiger partial charge is 0.243 e. The zero-order valence-corrected chi connectivity index (χ0v) is 21.3. The second kappa shape index (κ2) is 12.0. The van der Waals surface area contributed by atoms with Gasteiger partial charge < -0.3 is 10.2 Å². The van der Waals surface area contributed by atoms with E-state index in [0.29, 0.717) is 23.0 Å². The van der Waals surface area contributed by atoms with Crippen LogP contribution in [0.2, 0.25) is 10.0 Å². The molecular weight excluding hydrogens is 467 g/mol. The van der Waals surface area contributed by atoms with Gasteiger partial charge in [-0.25, -0.2) is 0 Å². The normalized spacial score (nSPS) is 11.7. The molecule has 6 heteroatoms. The zero-order chi connectivity index (χ0) is 24.7. The Morgan fingerprint density at radius 3 is 2.15 bits per heavy atom. The van der Waals surface area contributed by atoms with Gasteiger partial charge in [0.25, 0.3) is 0 Å². The first kappa shape index (κ1) is 25.8. The summed E-state index contributed by atoms with van der Waals surface area (Å²) in [6, 6.07) is 20.5. The first-order chi connectivity index (χ1) is 16.3. The molecule has 178 valence electrons. The minimum Gasteiger partial charge on any atom is -0.355 e. The number of benzene rings is 3. The third-order valence-electron chi connectivity index (χ3n) is 5.60. The largest absolute Gasteiger partial charge is 0.355 e. The lowest BCUT2D eigenvalue weighted by Crippen LogP contribution is -2.50. The van der Waals surface area contributed by atoms with Crippen molar-refractivity contribution in [2.24, 2.45) is 0 Å². The summed E-state index contributed by atoms with van der Waals surface area (Å²) in [5.41, 5.74) is 4.92. The quantitative estimate of drug-likeness (QED) is 0.399. The van der Waals surface area contributed by atoms with Crippen molar-refractivity contribution >= 4 is 35.0 Å². The monoisotopic (exact) mass is 496 g/mol. The van der Waals surface area contributed by atoms with Crippen molar-refractivity contribution in [3.05, 3.63) is 105 Å². The van der Waals surface area contributed by atoms with E-state index in [-0.39, 0.29) is 24.8 Å². The summed E-state index contributed by atoms with van der Waals surface area (Å²) in [6.45, 7) is 6.63. The van der Waals surface area contributed by atoms with Gasteiger partial charge in [0.15, 0.2) is 0 Å². The van der Waals surface area contributed by atoms with Crippen LogP contribution in [0.5, 0.6) is 0 Å². The highest BCUT2D eigenvalue weighted by Crippen LogP contribution is 2.25. The van der Waals surface area contributed by atoms with Gasteiger partial charge in [0.1, 0.15) is 6.04 Å². The van der Waals surface area contributed by atoms with Crippen molar-refractivity contribution < 1.29 is 9.59 Å². The average Bonchev–Trinajstić information content (AvgIpc) is 2.78. The molecule has 0 aliphatic rings. The van der Waals surface area contributed by atoms with Gasteiger partial charge in [0.2, 0.25) is 11.8 Å². The molecule has 3 aromatic rings.